The van der Waals surface area contributed by atoms with Crippen molar-refractivity contribution in [3.8, 4) is 11.1 Å². The molecule has 18 heavy (non-hydrogen) atoms. The summed E-state index contributed by atoms with van der Waals surface area (Å²) in [6.07, 6.45) is -4.11. The molecule has 96 valence electrons. The Balaban J connectivity index is 2.50. The summed E-state index contributed by atoms with van der Waals surface area (Å²) in [4.78, 5) is 0. The van der Waals surface area contributed by atoms with E-state index in [1.165, 1.54) is 29.1 Å². The van der Waals surface area contributed by atoms with E-state index >= 15 is 0 Å². The number of benzene rings is 1. The van der Waals surface area contributed by atoms with E-state index in [4.69, 9.17) is 0 Å². The van der Waals surface area contributed by atoms with Crippen molar-refractivity contribution in [1.29, 1.82) is 0 Å². The molecule has 1 aromatic carbocycles. The van der Waals surface area contributed by atoms with Gasteiger partial charge in [-0.2, -0.15) is 18.3 Å². The lowest BCUT2D eigenvalue weighted by Crippen LogP contribution is -2.20. The van der Waals surface area contributed by atoms with E-state index in [0.29, 0.717) is 11.1 Å². The van der Waals surface area contributed by atoms with E-state index in [1.54, 1.807) is 19.3 Å². The summed E-state index contributed by atoms with van der Waals surface area (Å²) in [5.41, 5.74) is 0.699. The second kappa shape index (κ2) is 4.45. The predicted molar refractivity (Wildman–Crippen MR) is 59.7 cm³/mol. The molecule has 0 aliphatic carbocycles. The van der Waals surface area contributed by atoms with E-state index in [-0.39, 0.29) is 5.56 Å². The zero-order valence-electron chi connectivity index (χ0n) is 9.52. The van der Waals surface area contributed by atoms with E-state index < -0.39 is 12.3 Å². The molecule has 1 heterocycles. The van der Waals surface area contributed by atoms with E-state index in [9.17, 15) is 18.3 Å². The Morgan fingerprint density at radius 2 is 1.94 bits per heavy atom. The molecular formula is C12H11F3N2O. The van der Waals surface area contributed by atoms with Crippen LogP contribution in [0.15, 0.2) is 36.7 Å². The van der Waals surface area contributed by atoms with Crippen LogP contribution < -0.4 is 0 Å². The van der Waals surface area contributed by atoms with Gasteiger partial charge in [0.2, 0.25) is 0 Å². The van der Waals surface area contributed by atoms with E-state index in [2.05, 4.69) is 5.10 Å². The molecule has 0 saturated carbocycles. The van der Waals surface area contributed by atoms with Crippen LogP contribution in [0.3, 0.4) is 0 Å². The Bertz CT molecular complexity index is 548. The Morgan fingerprint density at radius 3 is 2.50 bits per heavy atom. The third-order valence-corrected chi connectivity index (χ3v) is 2.58. The monoisotopic (exact) mass is 256 g/mol. The number of halogens is 3. The molecule has 0 saturated heterocycles. The molecule has 0 fully saturated rings. The van der Waals surface area contributed by atoms with Crippen LogP contribution in [0.1, 0.15) is 11.7 Å². The lowest BCUT2D eigenvalue weighted by atomic mass is 9.98. The fourth-order valence-electron chi connectivity index (χ4n) is 1.73. The summed E-state index contributed by atoms with van der Waals surface area (Å²) in [6, 6.07) is 5.88. The van der Waals surface area contributed by atoms with Crippen molar-refractivity contribution in [1.82, 2.24) is 9.78 Å². The minimum atomic E-state index is -4.68. The molecule has 0 spiro atoms. The molecule has 6 heteroatoms. The van der Waals surface area contributed by atoms with Gasteiger partial charge in [0.25, 0.3) is 0 Å². The van der Waals surface area contributed by atoms with Crippen molar-refractivity contribution in [2.75, 3.05) is 0 Å². The first-order valence-electron chi connectivity index (χ1n) is 5.22. The van der Waals surface area contributed by atoms with E-state index in [1.807, 2.05) is 0 Å². The third-order valence-electron chi connectivity index (χ3n) is 2.58. The first-order chi connectivity index (χ1) is 8.39. The summed E-state index contributed by atoms with van der Waals surface area (Å²) in [5, 5.41) is 13.3. The average Bonchev–Trinajstić information content (AvgIpc) is 2.73. The van der Waals surface area contributed by atoms with Gasteiger partial charge in [-0.25, -0.2) is 0 Å². The second-order valence-electron chi connectivity index (χ2n) is 3.93. The van der Waals surface area contributed by atoms with E-state index in [0.717, 1.165) is 0 Å². The lowest BCUT2D eigenvalue weighted by Gasteiger charge is -2.17. The topological polar surface area (TPSA) is 38.0 Å². The van der Waals surface area contributed by atoms with Crippen LogP contribution in [0.5, 0.6) is 0 Å². The molecule has 0 aliphatic heterocycles. The van der Waals surface area contributed by atoms with Gasteiger partial charge >= 0.3 is 6.18 Å². The maximum Gasteiger partial charge on any atom is 0.418 e. The Labute approximate surface area is 101 Å². The number of hydrogen-bond acceptors (Lipinski definition) is 2. The van der Waals surface area contributed by atoms with Crippen LogP contribution in [0.2, 0.25) is 0 Å². The highest BCUT2D eigenvalue weighted by Gasteiger charge is 2.40. The van der Waals surface area contributed by atoms with Crippen molar-refractivity contribution in [3.63, 3.8) is 0 Å². The number of rotatable bonds is 2. The van der Waals surface area contributed by atoms with Crippen molar-refractivity contribution in [2.45, 2.75) is 12.3 Å². The molecule has 1 N–H and O–H groups in total. The molecule has 1 atom stereocenters. The van der Waals surface area contributed by atoms with Gasteiger partial charge < -0.3 is 5.11 Å². The van der Waals surface area contributed by atoms with Crippen molar-refractivity contribution >= 4 is 0 Å². The van der Waals surface area contributed by atoms with Gasteiger partial charge in [-0.05, 0) is 11.1 Å². The van der Waals surface area contributed by atoms with Gasteiger partial charge in [0, 0.05) is 18.8 Å². The molecule has 1 unspecified atom stereocenters. The molecule has 0 radical (unpaired) electrons. The normalized spacial score (nSPS) is 13.6. The number of aryl methyl sites for hydroxylation is 1. The van der Waals surface area contributed by atoms with Crippen LogP contribution in [0, 0.1) is 0 Å². The van der Waals surface area contributed by atoms with Crippen molar-refractivity contribution in [3.05, 3.63) is 42.2 Å². The minimum absolute atomic E-state index is 0.169. The van der Waals surface area contributed by atoms with Gasteiger partial charge in [-0.1, -0.05) is 24.3 Å². The smallest absolute Gasteiger partial charge is 0.379 e. The molecule has 0 bridgehead atoms. The first-order valence-corrected chi connectivity index (χ1v) is 5.22. The maximum absolute atomic E-state index is 12.6. The Morgan fingerprint density at radius 1 is 1.28 bits per heavy atom. The zero-order valence-corrected chi connectivity index (χ0v) is 9.52. The average molecular weight is 256 g/mol. The third kappa shape index (κ3) is 2.38. The van der Waals surface area contributed by atoms with Gasteiger partial charge in [0.15, 0.2) is 6.10 Å². The van der Waals surface area contributed by atoms with Crippen LogP contribution in [0.25, 0.3) is 11.1 Å². The van der Waals surface area contributed by atoms with Crippen LogP contribution in [-0.4, -0.2) is 21.1 Å². The number of nitrogens with zero attached hydrogens (tertiary/aromatic N) is 2. The summed E-state index contributed by atoms with van der Waals surface area (Å²) in [6.45, 7) is 0. The molecule has 3 nitrogen and oxygen atoms in total. The highest BCUT2D eigenvalue weighted by Crippen LogP contribution is 2.37. The van der Waals surface area contributed by atoms with Crippen molar-refractivity contribution in [2.24, 2.45) is 7.05 Å². The van der Waals surface area contributed by atoms with Crippen LogP contribution in [-0.2, 0) is 7.05 Å². The second-order valence-corrected chi connectivity index (χ2v) is 3.93. The molecule has 2 aromatic rings. The van der Waals surface area contributed by atoms with Gasteiger partial charge in [-0.3, -0.25) is 4.68 Å². The quantitative estimate of drug-likeness (QED) is 0.897. The van der Waals surface area contributed by atoms with Gasteiger partial charge in [0.1, 0.15) is 0 Å². The fraction of sp³-hybridized carbons (Fsp3) is 0.250. The SMILES string of the molecule is Cn1cc(-c2ccccc2C(O)C(F)(F)F)cn1. The summed E-state index contributed by atoms with van der Waals surface area (Å²) >= 11 is 0. The number of aliphatic hydroxyl groups excluding tert-OH is 1. The standard InChI is InChI=1S/C12H11F3N2O/c1-17-7-8(6-16-17)9-4-2-3-5-10(9)11(18)12(13,14)15/h2-7,11,18H,1H3. The number of alkyl halides is 3. The molecular weight excluding hydrogens is 245 g/mol. The number of hydrogen-bond donors (Lipinski definition) is 1. The first kappa shape index (κ1) is 12.6. The van der Waals surface area contributed by atoms with Gasteiger partial charge in [0.05, 0.1) is 6.20 Å². The fourth-order valence-corrected chi connectivity index (χ4v) is 1.73. The van der Waals surface area contributed by atoms with Crippen LogP contribution >= 0.6 is 0 Å². The maximum atomic E-state index is 12.6. The molecule has 0 aliphatic rings. The van der Waals surface area contributed by atoms with Gasteiger partial charge in [-0.15, -0.1) is 0 Å². The number of aliphatic hydroxyl groups is 1. The summed E-state index contributed by atoms with van der Waals surface area (Å²) in [7, 11) is 1.67. The number of aromatic nitrogens is 2. The molecule has 2 rings (SSSR count). The largest absolute Gasteiger partial charge is 0.418 e. The summed E-state index contributed by atoms with van der Waals surface area (Å²) < 4.78 is 39.2. The summed E-state index contributed by atoms with van der Waals surface area (Å²) in [5.74, 6) is 0. The lowest BCUT2D eigenvalue weighted by molar-refractivity contribution is -0.206. The predicted octanol–water partition coefficient (Wildman–Crippen LogP) is 2.68. The zero-order chi connectivity index (χ0) is 13.3. The highest BCUT2D eigenvalue weighted by molar-refractivity contribution is 5.66. The van der Waals surface area contributed by atoms with Crippen LogP contribution in [0.4, 0.5) is 13.2 Å². The molecule has 0 amide bonds. The highest BCUT2D eigenvalue weighted by atomic mass is 19.4. The molecule has 1 aromatic heterocycles. The van der Waals surface area contributed by atoms with Crippen molar-refractivity contribution < 1.29 is 18.3 Å². The minimum Gasteiger partial charge on any atom is -0.379 e. The Kier molecular flexibility index (Phi) is 3.13. The Hall–Kier alpha value is -1.82.